The Kier molecular flexibility index (Phi) is 4.48. The molecule has 0 atom stereocenters. The SMILES string of the molecule is Cc1nn(C)c(C)c1CC(=O)NC(C)(CO)CO. The molecule has 1 heterocycles. The maximum absolute atomic E-state index is 11.9. The first-order chi connectivity index (χ1) is 8.33. The first-order valence-corrected chi connectivity index (χ1v) is 5.85. The zero-order valence-electron chi connectivity index (χ0n) is 11.3. The van der Waals surface area contributed by atoms with Gasteiger partial charge in [-0.05, 0) is 20.8 Å². The quantitative estimate of drug-likeness (QED) is 0.658. The molecule has 18 heavy (non-hydrogen) atoms. The average Bonchev–Trinajstić information content (AvgIpc) is 2.56. The Bertz CT molecular complexity index is 436. The molecule has 1 amide bonds. The van der Waals surface area contributed by atoms with E-state index < -0.39 is 5.54 Å². The summed E-state index contributed by atoms with van der Waals surface area (Å²) in [6.45, 7) is 4.74. The van der Waals surface area contributed by atoms with E-state index in [4.69, 9.17) is 10.2 Å². The molecule has 0 spiro atoms. The van der Waals surface area contributed by atoms with Crippen LogP contribution in [0.25, 0.3) is 0 Å². The van der Waals surface area contributed by atoms with Crippen LogP contribution in [-0.4, -0.2) is 44.7 Å². The maximum atomic E-state index is 11.9. The lowest BCUT2D eigenvalue weighted by atomic mass is 10.0. The number of hydrogen-bond donors (Lipinski definition) is 3. The van der Waals surface area contributed by atoms with Crippen LogP contribution >= 0.6 is 0 Å². The molecule has 0 radical (unpaired) electrons. The first-order valence-electron chi connectivity index (χ1n) is 5.85. The molecule has 0 aliphatic carbocycles. The molecular weight excluding hydrogens is 234 g/mol. The Morgan fingerprint density at radius 3 is 2.33 bits per heavy atom. The second kappa shape index (κ2) is 5.49. The summed E-state index contributed by atoms with van der Waals surface area (Å²) in [6, 6.07) is 0. The van der Waals surface area contributed by atoms with Crippen LogP contribution in [0.3, 0.4) is 0 Å². The topological polar surface area (TPSA) is 87.4 Å². The van der Waals surface area contributed by atoms with Crippen molar-refractivity contribution in [2.75, 3.05) is 13.2 Å². The number of amides is 1. The molecule has 0 aromatic carbocycles. The van der Waals surface area contributed by atoms with Gasteiger partial charge in [0, 0.05) is 18.3 Å². The van der Waals surface area contributed by atoms with Gasteiger partial charge in [0.2, 0.25) is 5.91 Å². The standard InChI is InChI=1S/C12H21N3O3/c1-8-10(9(2)15(4)14-8)5-11(18)13-12(3,6-16)7-17/h16-17H,5-7H2,1-4H3,(H,13,18). The summed E-state index contributed by atoms with van der Waals surface area (Å²) in [4.78, 5) is 11.9. The molecule has 1 aromatic heterocycles. The number of carbonyl (C=O) groups is 1. The molecular formula is C12H21N3O3. The molecule has 1 aromatic rings. The van der Waals surface area contributed by atoms with Gasteiger partial charge in [0.1, 0.15) is 0 Å². The number of carbonyl (C=O) groups excluding carboxylic acids is 1. The van der Waals surface area contributed by atoms with Crippen LogP contribution in [0.1, 0.15) is 23.9 Å². The Balaban J connectivity index is 2.76. The fourth-order valence-corrected chi connectivity index (χ4v) is 1.74. The van der Waals surface area contributed by atoms with Gasteiger partial charge in [-0.3, -0.25) is 9.48 Å². The van der Waals surface area contributed by atoms with E-state index in [1.807, 2.05) is 20.9 Å². The maximum Gasteiger partial charge on any atom is 0.225 e. The summed E-state index contributed by atoms with van der Waals surface area (Å²) in [5.41, 5.74) is 1.66. The van der Waals surface area contributed by atoms with Gasteiger partial charge < -0.3 is 15.5 Å². The van der Waals surface area contributed by atoms with Crippen molar-refractivity contribution < 1.29 is 15.0 Å². The summed E-state index contributed by atoms with van der Waals surface area (Å²) >= 11 is 0. The smallest absolute Gasteiger partial charge is 0.225 e. The Morgan fingerprint density at radius 1 is 1.39 bits per heavy atom. The van der Waals surface area contributed by atoms with Crippen LogP contribution in [0.2, 0.25) is 0 Å². The number of nitrogens with one attached hydrogen (secondary N) is 1. The van der Waals surface area contributed by atoms with Crippen LogP contribution in [0.15, 0.2) is 0 Å². The van der Waals surface area contributed by atoms with Gasteiger partial charge >= 0.3 is 0 Å². The van der Waals surface area contributed by atoms with Crippen LogP contribution in [0.5, 0.6) is 0 Å². The average molecular weight is 255 g/mol. The lowest BCUT2D eigenvalue weighted by Gasteiger charge is -2.26. The number of aliphatic hydroxyl groups excluding tert-OH is 2. The van der Waals surface area contributed by atoms with E-state index in [0.717, 1.165) is 17.0 Å². The number of aromatic nitrogens is 2. The zero-order valence-corrected chi connectivity index (χ0v) is 11.3. The third kappa shape index (κ3) is 3.08. The first kappa shape index (κ1) is 14.7. The van der Waals surface area contributed by atoms with Crippen molar-refractivity contribution in [1.82, 2.24) is 15.1 Å². The van der Waals surface area contributed by atoms with Gasteiger partial charge in [-0.25, -0.2) is 0 Å². The predicted octanol–water partition coefficient (Wildman–Crippen LogP) is -0.561. The van der Waals surface area contributed by atoms with E-state index in [0.29, 0.717) is 0 Å². The number of nitrogens with zero attached hydrogens (tertiary/aromatic N) is 2. The molecule has 0 saturated heterocycles. The second-order valence-corrected chi connectivity index (χ2v) is 4.87. The van der Waals surface area contributed by atoms with Gasteiger partial charge in [0.15, 0.2) is 0 Å². The van der Waals surface area contributed by atoms with E-state index >= 15 is 0 Å². The van der Waals surface area contributed by atoms with Gasteiger partial charge in [-0.1, -0.05) is 0 Å². The lowest BCUT2D eigenvalue weighted by Crippen LogP contribution is -2.52. The molecule has 102 valence electrons. The van der Waals surface area contributed by atoms with Gasteiger partial charge in [-0.15, -0.1) is 0 Å². The highest BCUT2D eigenvalue weighted by Gasteiger charge is 2.25. The fourth-order valence-electron chi connectivity index (χ4n) is 1.74. The minimum atomic E-state index is -0.985. The Hall–Kier alpha value is -1.40. The van der Waals surface area contributed by atoms with Crippen LogP contribution in [-0.2, 0) is 18.3 Å². The Labute approximate surface area is 107 Å². The van der Waals surface area contributed by atoms with Crippen molar-refractivity contribution in [1.29, 1.82) is 0 Å². The molecule has 1 rings (SSSR count). The number of aryl methyl sites for hydroxylation is 2. The summed E-state index contributed by atoms with van der Waals surface area (Å²) in [7, 11) is 1.83. The largest absolute Gasteiger partial charge is 0.394 e. The lowest BCUT2D eigenvalue weighted by molar-refractivity contribution is -0.123. The van der Waals surface area contributed by atoms with E-state index in [1.165, 1.54) is 0 Å². The second-order valence-electron chi connectivity index (χ2n) is 4.87. The van der Waals surface area contributed by atoms with Crippen molar-refractivity contribution in [2.45, 2.75) is 32.7 Å². The zero-order chi connectivity index (χ0) is 13.9. The third-order valence-corrected chi connectivity index (χ3v) is 3.14. The highest BCUT2D eigenvalue weighted by atomic mass is 16.3. The van der Waals surface area contributed by atoms with Crippen molar-refractivity contribution >= 4 is 5.91 Å². The van der Waals surface area contributed by atoms with Crippen LogP contribution < -0.4 is 5.32 Å². The van der Waals surface area contributed by atoms with Crippen molar-refractivity contribution in [3.8, 4) is 0 Å². The Morgan fingerprint density at radius 2 is 1.94 bits per heavy atom. The number of hydrogen-bond acceptors (Lipinski definition) is 4. The van der Waals surface area contributed by atoms with Crippen molar-refractivity contribution in [2.24, 2.45) is 7.05 Å². The molecule has 3 N–H and O–H groups in total. The van der Waals surface area contributed by atoms with Crippen LogP contribution in [0.4, 0.5) is 0 Å². The van der Waals surface area contributed by atoms with E-state index in [-0.39, 0.29) is 25.5 Å². The summed E-state index contributed by atoms with van der Waals surface area (Å²) in [5, 5.41) is 25.1. The molecule has 6 nitrogen and oxygen atoms in total. The third-order valence-electron chi connectivity index (χ3n) is 3.14. The number of rotatable bonds is 5. The van der Waals surface area contributed by atoms with Crippen molar-refractivity contribution in [3.05, 3.63) is 17.0 Å². The van der Waals surface area contributed by atoms with Gasteiger partial charge in [-0.2, -0.15) is 5.10 Å². The highest BCUT2D eigenvalue weighted by molar-refractivity contribution is 5.79. The molecule has 6 heteroatoms. The molecule has 0 bridgehead atoms. The minimum Gasteiger partial charge on any atom is -0.394 e. The van der Waals surface area contributed by atoms with E-state index in [1.54, 1.807) is 11.6 Å². The molecule has 0 fully saturated rings. The summed E-state index contributed by atoms with van der Waals surface area (Å²) < 4.78 is 1.73. The normalized spacial score (nSPS) is 11.7. The highest BCUT2D eigenvalue weighted by Crippen LogP contribution is 2.13. The molecule has 0 saturated carbocycles. The van der Waals surface area contributed by atoms with Gasteiger partial charge in [0.05, 0.1) is 30.9 Å². The predicted molar refractivity (Wildman–Crippen MR) is 67.1 cm³/mol. The molecule has 0 aliphatic rings. The fraction of sp³-hybridized carbons (Fsp3) is 0.667. The molecule has 0 aliphatic heterocycles. The molecule has 0 unspecified atom stereocenters. The van der Waals surface area contributed by atoms with E-state index in [9.17, 15) is 4.79 Å². The summed E-state index contributed by atoms with van der Waals surface area (Å²) in [6.07, 6.45) is 0.196. The van der Waals surface area contributed by atoms with Gasteiger partial charge in [0.25, 0.3) is 0 Å². The van der Waals surface area contributed by atoms with Crippen LogP contribution in [0, 0.1) is 13.8 Å². The number of aliphatic hydroxyl groups is 2. The van der Waals surface area contributed by atoms with Crippen molar-refractivity contribution in [3.63, 3.8) is 0 Å². The van der Waals surface area contributed by atoms with E-state index in [2.05, 4.69) is 10.4 Å². The monoisotopic (exact) mass is 255 g/mol. The minimum absolute atomic E-state index is 0.196. The summed E-state index contributed by atoms with van der Waals surface area (Å²) in [5.74, 6) is -0.236.